The summed E-state index contributed by atoms with van der Waals surface area (Å²) in [4.78, 5) is 15.0. The number of hydrogen-bond acceptors (Lipinski definition) is 4. The van der Waals surface area contributed by atoms with Gasteiger partial charge in [0.1, 0.15) is 11.9 Å². The van der Waals surface area contributed by atoms with Gasteiger partial charge in [-0.25, -0.2) is 15.0 Å². The minimum Gasteiger partial charge on any atom is -0.485 e. The summed E-state index contributed by atoms with van der Waals surface area (Å²) in [5, 5.41) is 0. The lowest BCUT2D eigenvalue weighted by Gasteiger charge is -2.26. The lowest BCUT2D eigenvalue weighted by atomic mass is 9.78. The summed E-state index contributed by atoms with van der Waals surface area (Å²) in [5.41, 5.74) is 9.32. The summed E-state index contributed by atoms with van der Waals surface area (Å²) >= 11 is 0. The predicted octanol–water partition coefficient (Wildman–Crippen LogP) is 9.02. The first-order valence-corrected chi connectivity index (χ1v) is 14.8. The van der Waals surface area contributed by atoms with Crippen LogP contribution in [0.15, 0.2) is 151 Å². The maximum atomic E-state index is 6.27. The lowest BCUT2D eigenvalue weighted by Crippen LogP contribution is -2.21. The van der Waals surface area contributed by atoms with Gasteiger partial charge in [-0.15, -0.1) is 0 Å². The molecular weight excluding hydrogens is 526 g/mol. The third kappa shape index (κ3) is 4.81. The Morgan fingerprint density at radius 1 is 0.535 bits per heavy atom. The van der Waals surface area contributed by atoms with Gasteiger partial charge in [-0.05, 0) is 58.9 Å². The summed E-state index contributed by atoms with van der Waals surface area (Å²) in [6, 6.07) is 37.4. The normalized spacial score (nSPS) is 18.6. The van der Waals surface area contributed by atoms with E-state index in [-0.39, 0.29) is 12.0 Å². The monoisotopic (exact) mass is 555 g/mol. The highest BCUT2D eigenvalue weighted by Crippen LogP contribution is 2.48. The Morgan fingerprint density at radius 2 is 1.16 bits per heavy atom. The van der Waals surface area contributed by atoms with Gasteiger partial charge in [0.2, 0.25) is 0 Å². The fourth-order valence-corrected chi connectivity index (χ4v) is 6.31. The van der Waals surface area contributed by atoms with E-state index in [1.807, 2.05) is 30.3 Å². The molecule has 4 nitrogen and oxygen atoms in total. The van der Waals surface area contributed by atoms with E-state index in [0.29, 0.717) is 11.6 Å². The van der Waals surface area contributed by atoms with Gasteiger partial charge >= 0.3 is 0 Å². The molecule has 0 N–H and O–H groups in total. The van der Waals surface area contributed by atoms with Crippen LogP contribution in [0.2, 0.25) is 0 Å². The van der Waals surface area contributed by atoms with Crippen molar-refractivity contribution < 1.29 is 4.74 Å². The Kier molecular flexibility index (Phi) is 6.38. The van der Waals surface area contributed by atoms with Crippen LogP contribution in [-0.4, -0.2) is 21.1 Å². The average molecular weight is 556 g/mol. The Hall–Kier alpha value is -5.35. The molecule has 43 heavy (non-hydrogen) atoms. The quantitative estimate of drug-likeness (QED) is 0.217. The van der Waals surface area contributed by atoms with Crippen molar-refractivity contribution >= 4 is 5.57 Å². The van der Waals surface area contributed by atoms with Crippen molar-refractivity contribution in [2.24, 2.45) is 0 Å². The molecule has 1 aromatic heterocycles. The van der Waals surface area contributed by atoms with Gasteiger partial charge in [0, 0.05) is 16.7 Å². The Labute approximate surface area is 251 Å². The molecule has 1 aliphatic heterocycles. The van der Waals surface area contributed by atoms with Crippen LogP contribution in [0.4, 0.5) is 0 Å². The number of ether oxygens (including phenoxy) is 1. The van der Waals surface area contributed by atoms with Gasteiger partial charge in [0.25, 0.3) is 0 Å². The largest absolute Gasteiger partial charge is 0.485 e. The summed E-state index contributed by atoms with van der Waals surface area (Å²) in [6.07, 6.45) is 12.8. The molecule has 5 aromatic rings. The first-order chi connectivity index (χ1) is 21.3. The lowest BCUT2D eigenvalue weighted by molar-refractivity contribution is 0.265. The zero-order valence-corrected chi connectivity index (χ0v) is 23.6. The van der Waals surface area contributed by atoms with Crippen molar-refractivity contribution in [2.45, 2.75) is 24.9 Å². The molecule has 0 fully saturated rings. The fourth-order valence-electron chi connectivity index (χ4n) is 6.31. The van der Waals surface area contributed by atoms with Crippen molar-refractivity contribution in [1.82, 2.24) is 15.0 Å². The highest BCUT2D eigenvalue weighted by molar-refractivity contribution is 5.73. The molecule has 4 heteroatoms. The van der Waals surface area contributed by atoms with E-state index in [9.17, 15) is 0 Å². The first-order valence-electron chi connectivity index (χ1n) is 14.8. The van der Waals surface area contributed by atoms with E-state index in [2.05, 4.69) is 109 Å². The number of aromatic nitrogens is 3. The van der Waals surface area contributed by atoms with Crippen LogP contribution in [0.25, 0.3) is 39.5 Å². The summed E-state index contributed by atoms with van der Waals surface area (Å²) in [7, 11) is 0. The number of nitrogens with zero attached hydrogens (tertiary/aromatic N) is 3. The van der Waals surface area contributed by atoms with Crippen LogP contribution in [0, 0.1) is 0 Å². The fraction of sp³-hybridized carbons (Fsp3) is 0.103. The van der Waals surface area contributed by atoms with E-state index in [1.165, 1.54) is 22.3 Å². The molecule has 2 heterocycles. The number of rotatable bonds is 5. The van der Waals surface area contributed by atoms with Crippen LogP contribution in [0.3, 0.4) is 0 Å². The van der Waals surface area contributed by atoms with E-state index in [0.717, 1.165) is 46.7 Å². The van der Waals surface area contributed by atoms with Crippen molar-refractivity contribution in [3.63, 3.8) is 0 Å². The van der Waals surface area contributed by atoms with Gasteiger partial charge < -0.3 is 4.74 Å². The van der Waals surface area contributed by atoms with E-state index < -0.39 is 0 Å². The highest BCUT2D eigenvalue weighted by atomic mass is 16.5. The van der Waals surface area contributed by atoms with Crippen molar-refractivity contribution in [1.29, 1.82) is 0 Å². The zero-order valence-electron chi connectivity index (χ0n) is 23.6. The standard InChI is InChI=1S/C39H29N3O/c1-3-11-26(12-4-1)30-15-9-16-31(25-30)39-41-37(28-13-5-2-6-14-28)40-38(42-39)29-23-21-27(22-24-29)32-18-10-20-35-36(32)33-17-7-8-19-34(33)43-35/h1-21,23,25,35-36H,22,24H2. The maximum Gasteiger partial charge on any atom is 0.164 e. The third-order valence-corrected chi connectivity index (χ3v) is 8.46. The van der Waals surface area contributed by atoms with Crippen LogP contribution in [0.5, 0.6) is 5.75 Å². The van der Waals surface area contributed by atoms with Gasteiger partial charge in [0.15, 0.2) is 17.5 Å². The SMILES string of the molecule is C1=CC2Oc3ccccc3C2C(C2=CC=C(c3nc(-c4ccccc4)nc(-c4cccc(-c5ccccc5)c4)n3)CC2)=C1. The second-order valence-corrected chi connectivity index (χ2v) is 11.1. The number of hydrogen-bond donors (Lipinski definition) is 0. The Balaban J connectivity index is 1.18. The molecule has 0 saturated heterocycles. The third-order valence-electron chi connectivity index (χ3n) is 8.46. The second-order valence-electron chi connectivity index (χ2n) is 11.1. The van der Waals surface area contributed by atoms with Crippen molar-refractivity contribution in [2.75, 3.05) is 0 Å². The molecule has 206 valence electrons. The molecule has 2 atom stereocenters. The number of fused-ring (bicyclic) bond motifs is 3. The highest BCUT2D eigenvalue weighted by Gasteiger charge is 2.37. The molecule has 0 radical (unpaired) electrons. The van der Waals surface area contributed by atoms with E-state index in [4.69, 9.17) is 19.7 Å². The molecule has 0 amide bonds. The molecule has 4 aromatic carbocycles. The molecule has 2 aliphatic carbocycles. The predicted molar refractivity (Wildman–Crippen MR) is 172 cm³/mol. The molecule has 0 saturated carbocycles. The molecule has 2 unspecified atom stereocenters. The molecule has 8 rings (SSSR count). The Morgan fingerprint density at radius 3 is 1.95 bits per heavy atom. The minimum atomic E-state index is 0.0508. The van der Waals surface area contributed by atoms with Gasteiger partial charge in [0.05, 0.1) is 5.92 Å². The zero-order chi connectivity index (χ0) is 28.6. The van der Waals surface area contributed by atoms with Crippen LogP contribution >= 0.6 is 0 Å². The van der Waals surface area contributed by atoms with Crippen LogP contribution in [0.1, 0.15) is 30.1 Å². The minimum absolute atomic E-state index is 0.0508. The maximum absolute atomic E-state index is 6.27. The molecule has 0 bridgehead atoms. The molecule has 3 aliphatic rings. The summed E-state index contributed by atoms with van der Waals surface area (Å²) in [6.45, 7) is 0. The number of benzene rings is 4. The topological polar surface area (TPSA) is 47.9 Å². The summed E-state index contributed by atoms with van der Waals surface area (Å²) < 4.78 is 6.27. The van der Waals surface area contributed by atoms with Crippen molar-refractivity contribution in [3.8, 4) is 39.7 Å². The molecule has 0 spiro atoms. The average Bonchev–Trinajstić information content (AvgIpc) is 3.48. The van der Waals surface area contributed by atoms with E-state index in [1.54, 1.807) is 0 Å². The second kappa shape index (κ2) is 10.8. The van der Waals surface area contributed by atoms with Gasteiger partial charge in [-0.3, -0.25) is 0 Å². The van der Waals surface area contributed by atoms with E-state index >= 15 is 0 Å². The van der Waals surface area contributed by atoms with Gasteiger partial charge in [-0.1, -0.05) is 121 Å². The van der Waals surface area contributed by atoms with Crippen molar-refractivity contribution in [3.05, 3.63) is 162 Å². The van der Waals surface area contributed by atoms with Gasteiger partial charge in [-0.2, -0.15) is 0 Å². The number of allylic oxidation sites excluding steroid dienone is 6. The Bertz CT molecular complexity index is 1950. The molecular formula is C39H29N3O. The first kappa shape index (κ1) is 25.4. The summed E-state index contributed by atoms with van der Waals surface area (Å²) in [5.74, 6) is 3.32. The number of para-hydroxylation sites is 1. The smallest absolute Gasteiger partial charge is 0.164 e. The van der Waals surface area contributed by atoms with Crippen LogP contribution < -0.4 is 4.74 Å². The van der Waals surface area contributed by atoms with Crippen LogP contribution in [-0.2, 0) is 0 Å².